The van der Waals surface area contributed by atoms with Crippen LogP contribution in [-0.2, 0) is 0 Å². The van der Waals surface area contributed by atoms with E-state index in [-0.39, 0.29) is 5.82 Å². The molecule has 0 aromatic heterocycles. The fourth-order valence-electron chi connectivity index (χ4n) is 0.666. The second kappa shape index (κ2) is 3.88. The molecular weight excluding hydrogens is 373 g/mol. The number of hydrogen-bond donors (Lipinski definition) is 0. The van der Waals surface area contributed by atoms with Crippen LogP contribution in [0.5, 0.6) is 5.75 Å². The fourth-order valence-corrected chi connectivity index (χ4v) is 1.77. The monoisotopic (exact) mass is 378 g/mol. The van der Waals surface area contributed by atoms with Gasteiger partial charge in [-0.1, -0.05) is 0 Å². The number of benzene rings is 1. The molecule has 60 valence electrons. The summed E-state index contributed by atoms with van der Waals surface area (Å²) in [7, 11) is 1.57. The van der Waals surface area contributed by atoms with Crippen molar-refractivity contribution in [1.82, 2.24) is 0 Å². The molecule has 0 unspecified atom stereocenters. The lowest BCUT2D eigenvalue weighted by Gasteiger charge is -2.04. The third-order valence-electron chi connectivity index (χ3n) is 1.22. The summed E-state index contributed by atoms with van der Waals surface area (Å²) in [5, 5.41) is 0. The standard InChI is InChI=1S/C7H5FI2O/c1-11-5-3-2-4(8)6(9)7(5)10/h2-3H,1H3. The Morgan fingerprint density at radius 2 is 1.91 bits per heavy atom. The minimum absolute atomic E-state index is 0.198. The average molecular weight is 378 g/mol. The molecular formula is C7H5FI2O. The van der Waals surface area contributed by atoms with Crippen molar-refractivity contribution < 1.29 is 9.13 Å². The largest absolute Gasteiger partial charge is 0.496 e. The Kier molecular flexibility index (Phi) is 3.35. The van der Waals surface area contributed by atoms with Crippen molar-refractivity contribution in [2.75, 3.05) is 7.11 Å². The van der Waals surface area contributed by atoms with Gasteiger partial charge in [0.05, 0.1) is 14.3 Å². The number of halogens is 3. The van der Waals surface area contributed by atoms with E-state index in [4.69, 9.17) is 4.74 Å². The third-order valence-corrected chi connectivity index (χ3v) is 4.38. The van der Waals surface area contributed by atoms with Gasteiger partial charge in [0.25, 0.3) is 0 Å². The Balaban J connectivity index is 3.25. The van der Waals surface area contributed by atoms with Crippen LogP contribution >= 0.6 is 45.2 Å². The lowest BCUT2D eigenvalue weighted by atomic mass is 10.3. The second-order valence-electron chi connectivity index (χ2n) is 1.88. The molecule has 11 heavy (non-hydrogen) atoms. The Morgan fingerprint density at radius 3 is 2.45 bits per heavy atom. The van der Waals surface area contributed by atoms with Crippen LogP contribution in [-0.4, -0.2) is 7.11 Å². The van der Waals surface area contributed by atoms with Crippen LogP contribution in [0.1, 0.15) is 0 Å². The van der Waals surface area contributed by atoms with E-state index in [1.54, 1.807) is 13.2 Å². The molecule has 0 aliphatic rings. The molecule has 0 saturated carbocycles. The highest BCUT2D eigenvalue weighted by Gasteiger charge is 2.07. The first-order valence-electron chi connectivity index (χ1n) is 2.84. The van der Waals surface area contributed by atoms with Gasteiger partial charge in [-0.3, -0.25) is 0 Å². The van der Waals surface area contributed by atoms with Crippen LogP contribution < -0.4 is 4.74 Å². The summed E-state index contributed by atoms with van der Waals surface area (Å²) >= 11 is 4.01. The topological polar surface area (TPSA) is 9.23 Å². The van der Waals surface area contributed by atoms with E-state index in [9.17, 15) is 4.39 Å². The van der Waals surface area contributed by atoms with E-state index < -0.39 is 0 Å². The van der Waals surface area contributed by atoms with Gasteiger partial charge in [-0.05, 0) is 57.3 Å². The van der Waals surface area contributed by atoms with Gasteiger partial charge in [0.15, 0.2) is 0 Å². The van der Waals surface area contributed by atoms with Crippen LogP contribution in [0.2, 0.25) is 0 Å². The SMILES string of the molecule is COc1ccc(F)c(I)c1I. The predicted molar refractivity (Wildman–Crippen MR) is 58.4 cm³/mol. The van der Waals surface area contributed by atoms with E-state index in [1.807, 2.05) is 22.6 Å². The van der Waals surface area contributed by atoms with Gasteiger partial charge in [0.1, 0.15) is 11.6 Å². The molecule has 1 nitrogen and oxygen atoms in total. The predicted octanol–water partition coefficient (Wildman–Crippen LogP) is 3.04. The first kappa shape index (κ1) is 9.50. The third kappa shape index (κ3) is 1.95. The maximum Gasteiger partial charge on any atom is 0.137 e. The normalized spacial score (nSPS) is 9.82. The van der Waals surface area contributed by atoms with E-state index in [2.05, 4.69) is 22.6 Å². The molecule has 0 bridgehead atoms. The molecule has 1 aromatic carbocycles. The summed E-state index contributed by atoms with van der Waals surface area (Å²) in [6, 6.07) is 3.03. The lowest BCUT2D eigenvalue weighted by molar-refractivity contribution is 0.410. The van der Waals surface area contributed by atoms with Gasteiger partial charge >= 0.3 is 0 Å². The number of methoxy groups -OCH3 is 1. The van der Waals surface area contributed by atoms with Crippen LogP contribution in [0, 0.1) is 13.0 Å². The first-order valence-corrected chi connectivity index (χ1v) is 5.00. The average Bonchev–Trinajstić information content (AvgIpc) is 2.01. The molecule has 0 spiro atoms. The number of rotatable bonds is 1. The van der Waals surface area contributed by atoms with E-state index >= 15 is 0 Å². The molecule has 0 radical (unpaired) electrons. The minimum atomic E-state index is -0.198. The van der Waals surface area contributed by atoms with Crippen molar-refractivity contribution in [1.29, 1.82) is 0 Å². The zero-order chi connectivity index (χ0) is 8.43. The Bertz CT molecular complexity index is 275. The van der Waals surface area contributed by atoms with E-state index in [1.165, 1.54) is 6.07 Å². The zero-order valence-electron chi connectivity index (χ0n) is 5.70. The van der Waals surface area contributed by atoms with Crippen molar-refractivity contribution in [3.05, 3.63) is 25.1 Å². The van der Waals surface area contributed by atoms with Crippen LogP contribution in [0.15, 0.2) is 12.1 Å². The summed E-state index contributed by atoms with van der Waals surface area (Å²) in [5.74, 6) is 0.521. The van der Waals surface area contributed by atoms with E-state index in [0.29, 0.717) is 3.57 Å². The summed E-state index contributed by atoms with van der Waals surface area (Å²) < 4.78 is 19.3. The van der Waals surface area contributed by atoms with Crippen molar-refractivity contribution in [2.45, 2.75) is 0 Å². The highest BCUT2D eigenvalue weighted by molar-refractivity contribution is 14.1. The highest BCUT2D eigenvalue weighted by Crippen LogP contribution is 2.27. The molecule has 0 fully saturated rings. The molecule has 0 atom stereocenters. The summed E-state index contributed by atoms with van der Waals surface area (Å²) in [4.78, 5) is 0. The van der Waals surface area contributed by atoms with Gasteiger partial charge in [-0.25, -0.2) is 4.39 Å². The van der Waals surface area contributed by atoms with Gasteiger partial charge in [0, 0.05) is 0 Å². The molecule has 0 heterocycles. The molecule has 4 heteroatoms. The van der Waals surface area contributed by atoms with Crippen molar-refractivity contribution in [3.8, 4) is 5.75 Å². The summed E-state index contributed by atoms with van der Waals surface area (Å²) in [5.41, 5.74) is 0. The maximum atomic E-state index is 12.8. The zero-order valence-corrected chi connectivity index (χ0v) is 10.0. The minimum Gasteiger partial charge on any atom is -0.496 e. The highest BCUT2D eigenvalue weighted by atomic mass is 127. The number of hydrogen-bond acceptors (Lipinski definition) is 1. The van der Waals surface area contributed by atoms with Crippen LogP contribution in [0.4, 0.5) is 4.39 Å². The van der Waals surface area contributed by atoms with Gasteiger partial charge in [-0.2, -0.15) is 0 Å². The fraction of sp³-hybridized carbons (Fsp3) is 0.143. The Morgan fingerprint density at radius 1 is 1.27 bits per heavy atom. The Hall–Kier alpha value is 0.410. The quantitative estimate of drug-likeness (QED) is 0.540. The maximum absolute atomic E-state index is 12.8. The molecule has 0 saturated heterocycles. The molecule has 0 aliphatic carbocycles. The van der Waals surface area contributed by atoms with Gasteiger partial charge in [0.2, 0.25) is 0 Å². The lowest BCUT2D eigenvalue weighted by Crippen LogP contribution is -1.92. The molecule has 1 aromatic rings. The first-order chi connectivity index (χ1) is 5.16. The van der Waals surface area contributed by atoms with Crippen LogP contribution in [0.3, 0.4) is 0 Å². The van der Waals surface area contributed by atoms with E-state index in [0.717, 1.165) is 9.32 Å². The molecule has 0 aliphatic heterocycles. The smallest absolute Gasteiger partial charge is 0.137 e. The summed E-state index contributed by atoms with van der Waals surface area (Å²) in [6.07, 6.45) is 0. The van der Waals surface area contributed by atoms with Crippen molar-refractivity contribution in [2.24, 2.45) is 0 Å². The molecule has 0 amide bonds. The Labute approximate surface area is 91.6 Å². The van der Waals surface area contributed by atoms with Crippen molar-refractivity contribution in [3.63, 3.8) is 0 Å². The van der Waals surface area contributed by atoms with Crippen molar-refractivity contribution >= 4 is 45.2 Å². The summed E-state index contributed by atoms with van der Waals surface area (Å²) in [6.45, 7) is 0. The molecule has 0 N–H and O–H groups in total. The second-order valence-corrected chi connectivity index (χ2v) is 4.04. The van der Waals surface area contributed by atoms with Gasteiger partial charge < -0.3 is 4.74 Å². The van der Waals surface area contributed by atoms with Gasteiger partial charge in [-0.15, -0.1) is 0 Å². The van der Waals surface area contributed by atoms with Crippen LogP contribution in [0.25, 0.3) is 0 Å². The number of ether oxygens (including phenoxy) is 1. The molecule has 1 rings (SSSR count).